The van der Waals surface area contributed by atoms with Gasteiger partial charge < -0.3 is 15.1 Å². The Bertz CT molecular complexity index is 1180. The Morgan fingerprint density at radius 2 is 1.74 bits per heavy atom. The van der Waals surface area contributed by atoms with Gasteiger partial charge >= 0.3 is 12.1 Å². The lowest BCUT2D eigenvalue weighted by Gasteiger charge is -2.53. The highest BCUT2D eigenvalue weighted by Gasteiger charge is 2.57. The summed E-state index contributed by atoms with van der Waals surface area (Å²) in [6.07, 6.45) is 0.671. The lowest BCUT2D eigenvalue weighted by molar-refractivity contribution is -0.284. The molecule has 0 spiro atoms. The summed E-state index contributed by atoms with van der Waals surface area (Å²) >= 11 is 0. The maximum atomic E-state index is 13.0. The summed E-state index contributed by atoms with van der Waals surface area (Å²) in [6, 6.07) is 5.81. The fourth-order valence-electron chi connectivity index (χ4n) is 8.16. The molecular formula is C31H46F5NO4S. The first-order chi connectivity index (χ1) is 19.5. The third kappa shape index (κ3) is 7.42. The molecule has 0 amide bonds. The number of sulfone groups is 1. The summed E-state index contributed by atoms with van der Waals surface area (Å²) in [5.74, 6) is -3.60. The number of aliphatic hydroxyl groups is 1. The zero-order valence-electron chi connectivity index (χ0n) is 24.7. The summed E-state index contributed by atoms with van der Waals surface area (Å²) in [4.78, 5) is 1.87. The second-order valence-corrected chi connectivity index (χ2v) is 15.7. The highest BCUT2D eigenvalue weighted by Crippen LogP contribution is 2.62. The van der Waals surface area contributed by atoms with Crippen molar-refractivity contribution in [3.8, 4) is 5.75 Å². The molecule has 11 heteroatoms. The smallest absolute Gasteiger partial charge is 0.453 e. The van der Waals surface area contributed by atoms with Crippen molar-refractivity contribution >= 4 is 9.84 Å². The number of hydrogen-bond donors (Lipinski definition) is 2. The van der Waals surface area contributed by atoms with Gasteiger partial charge in [-0.25, -0.2) is 8.42 Å². The second kappa shape index (κ2) is 12.9. The minimum absolute atomic E-state index is 0.0317. The van der Waals surface area contributed by atoms with E-state index in [1.165, 1.54) is 11.1 Å². The number of benzene rings is 1. The third-order valence-corrected chi connectivity index (χ3v) is 12.3. The van der Waals surface area contributed by atoms with E-state index >= 15 is 0 Å². The molecule has 0 heterocycles. The van der Waals surface area contributed by atoms with Crippen LogP contribution in [0.25, 0.3) is 0 Å². The van der Waals surface area contributed by atoms with Gasteiger partial charge in [0.05, 0.1) is 17.6 Å². The highest BCUT2D eigenvalue weighted by atomic mass is 32.2. The van der Waals surface area contributed by atoms with Crippen LogP contribution in [0.5, 0.6) is 5.75 Å². The van der Waals surface area contributed by atoms with Crippen molar-refractivity contribution in [3.63, 3.8) is 0 Å². The fraction of sp³-hybridized carbons (Fsp3) is 0.806. The van der Waals surface area contributed by atoms with Crippen LogP contribution in [0.3, 0.4) is 0 Å². The first-order valence-electron chi connectivity index (χ1n) is 15.4. The van der Waals surface area contributed by atoms with Gasteiger partial charge in [0.25, 0.3) is 0 Å². The normalized spacial score (nSPS) is 29.8. The lowest BCUT2D eigenvalue weighted by Crippen LogP contribution is -2.47. The van der Waals surface area contributed by atoms with Gasteiger partial charge in [-0.05, 0) is 117 Å². The molecular weight excluding hydrogens is 577 g/mol. The molecule has 5 nitrogen and oxygen atoms in total. The van der Waals surface area contributed by atoms with Gasteiger partial charge in [0.2, 0.25) is 0 Å². The first-order valence-corrected chi connectivity index (χ1v) is 17.2. The standard InChI is InChI=1S/C31H46F5NO4S/c1-29-14-12-25-24-9-8-23(38)20-22(24)19-21(28(25)26(29)10-11-27(29)39)7-4-3-5-15-37(2)16-18-42(40,41)17-6-13-30(32,33)31(34,35)36/h8-9,20-21,25-28,38-39H,3-7,10-19H2,1-2H3/t21-,25-,26+,27+,28-,29+/m1/s1. The molecule has 0 aliphatic heterocycles. The van der Waals surface area contributed by atoms with Gasteiger partial charge in [-0.3, -0.25) is 0 Å². The van der Waals surface area contributed by atoms with Gasteiger partial charge in [0.1, 0.15) is 5.75 Å². The van der Waals surface area contributed by atoms with E-state index in [0.717, 1.165) is 57.8 Å². The molecule has 0 saturated heterocycles. The average molecular weight is 624 g/mol. The number of halogens is 5. The topological polar surface area (TPSA) is 77.8 Å². The number of alkyl halides is 5. The molecule has 1 aromatic carbocycles. The van der Waals surface area contributed by atoms with Crippen LogP contribution in [0.1, 0.15) is 88.2 Å². The number of nitrogens with zero attached hydrogens (tertiary/aromatic N) is 1. The minimum atomic E-state index is -5.67. The number of aliphatic hydroxyl groups excluding tert-OH is 1. The fourth-order valence-corrected chi connectivity index (χ4v) is 9.54. The summed E-state index contributed by atoms with van der Waals surface area (Å²) in [7, 11) is -1.94. The largest absolute Gasteiger partial charge is 0.508 e. The number of fused-ring (bicyclic) bond motifs is 5. The molecule has 42 heavy (non-hydrogen) atoms. The van der Waals surface area contributed by atoms with E-state index in [1.807, 2.05) is 11.0 Å². The van der Waals surface area contributed by atoms with Gasteiger partial charge in [0, 0.05) is 13.0 Å². The van der Waals surface area contributed by atoms with Crippen molar-refractivity contribution in [1.29, 1.82) is 0 Å². The molecule has 240 valence electrons. The van der Waals surface area contributed by atoms with E-state index in [2.05, 4.69) is 13.0 Å². The Hall–Kier alpha value is -1.46. The summed E-state index contributed by atoms with van der Waals surface area (Å²) < 4.78 is 87.3. The Kier molecular flexibility index (Phi) is 10.2. The highest BCUT2D eigenvalue weighted by molar-refractivity contribution is 7.91. The third-order valence-electron chi connectivity index (χ3n) is 10.6. The van der Waals surface area contributed by atoms with Crippen molar-refractivity contribution in [2.24, 2.45) is 23.2 Å². The minimum Gasteiger partial charge on any atom is -0.508 e. The van der Waals surface area contributed by atoms with Crippen LogP contribution in [-0.4, -0.2) is 73.4 Å². The monoisotopic (exact) mass is 623 g/mol. The van der Waals surface area contributed by atoms with Gasteiger partial charge in [-0.1, -0.05) is 25.8 Å². The van der Waals surface area contributed by atoms with E-state index in [4.69, 9.17) is 0 Å². The predicted molar refractivity (Wildman–Crippen MR) is 152 cm³/mol. The second-order valence-electron chi connectivity index (χ2n) is 13.4. The molecule has 4 rings (SSSR count). The van der Waals surface area contributed by atoms with Crippen molar-refractivity contribution in [2.45, 2.75) is 102 Å². The molecule has 3 aliphatic rings. The van der Waals surface area contributed by atoms with Gasteiger partial charge in [-0.15, -0.1) is 0 Å². The number of unbranched alkanes of at least 4 members (excludes halogenated alkanes) is 2. The Balaban J connectivity index is 1.23. The Morgan fingerprint density at radius 3 is 2.45 bits per heavy atom. The van der Waals surface area contributed by atoms with Crippen LogP contribution in [0.2, 0.25) is 0 Å². The summed E-state index contributed by atoms with van der Waals surface area (Å²) in [5, 5.41) is 21.0. The predicted octanol–water partition coefficient (Wildman–Crippen LogP) is 6.72. The number of hydrogen-bond acceptors (Lipinski definition) is 5. The molecule has 0 unspecified atom stereocenters. The van der Waals surface area contributed by atoms with Crippen molar-refractivity contribution in [2.75, 3.05) is 31.6 Å². The number of aromatic hydroxyl groups is 1. The van der Waals surface area contributed by atoms with Crippen molar-refractivity contribution in [3.05, 3.63) is 29.3 Å². The van der Waals surface area contributed by atoms with Crippen LogP contribution in [0, 0.1) is 23.2 Å². The van der Waals surface area contributed by atoms with Gasteiger partial charge in [0.15, 0.2) is 9.84 Å². The van der Waals surface area contributed by atoms with Crippen LogP contribution >= 0.6 is 0 Å². The molecule has 6 atom stereocenters. The van der Waals surface area contributed by atoms with Crippen molar-refractivity contribution < 1.29 is 40.6 Å². The maximum absolute atomic E-state index is 13.0. The van der Waals surface area contributed by atoms with Crippen molar-refractivity contribution in [1.82, 2.24) is 4.90 Å². The number of phenols is 1. The van der Waals surface area contributed by atoms with E-state index in [9.17, 15) is 40.6 Å². The lowest BCUT2D eigenvalue weighted by atomic mass is 9.52. The zero-order chi connectivity index (χ0) is 30.9. The quantitative estimate of drug-likeness (QED) is 0.189. The van der Waals surface area contributed by atoms with E-state index in [1.54, 1.807) is 13.1 Å². The molecule has 2 N–H and O–H groups in total. The molecule has 0 bridgehead atoms. The summed E-state index contributed by atoms with van der Waals surface area (Å²) in [6.45, 7) is 3.14. The van der Waals surface area contributed by atoms with Crippen LogP contribution in [0.15, 0.2) is 18.2 Å². The first kappa shape index (κ1) is 33.4. The van der Waals surface area contributed by atoms with E-state index < -0.39 is 40.5 Å². The molecule has 2 fully saturated rings. The van der Waals surface area contributed by atoms with E-state index in [0.29, 0.717) is 36.0 Å². The number of rotatable bonds is 13. The molecule has 3 aliphatic carbocycles. The molecule has 2 saturated carbocycles. The Morgan fingerprint density at radius 1 is 1.00 bits per heavy atom. The van der Waals surface area contributed by atoms with Crippen LogP contribution < -0.4 is 0 Å². The zero-order valence-corrected chi connectivity index (χ0v) is 25.5. The molecule has 1 aromatic rings. The SMILES string of the molecule is CN(CCCCC[C@@H]1Cc2cc(O)ccc2[C@H]2CC[C@]3(C)[C@@H](O)CC[C@H]3[C@H]12)CCS(=O)(=O)CCCC(F)(F)C(F)(F)F. The average Bonchev–Trinajstić information content (AvgIpc) is 3.20. The number of phenolic OH excluding ortho intramolecular Hbond substituents is 1. The van der Waals surface area contributed by atoms with E-state index in [-0.39, 0.29) is 23.8 Å². The maximum Gasteiger partial charge on any atom is 0.453 e. The summed E-state index contributed by atoms with van der Waals surface area (Å²) in [5.41, 5.74) is 2.57. The van der Waals surface area contributed by atoms with Crippen LogP contribution in [-0.2, 0) is 16.3 Å². The molecule has 0 radical (unpaired) electrons. The Labute approximate surface area is 246 Å². The van der Waals surface area contributed by atoms with Crippen LogP contribution in [0.4, 0.5) is 22.0 Å². The van der Waals surface area contributed by atoms with Gasteiger partial charge in [-0.2, -0.15) is 22.0 Å². The molecule has 0 aromatic heterocycles.